The van der Waals surface area contributed by atoms with E-state index in [-0.39, 0.29) is 42.3 Å². The molecule has 2 amide bonds. The molecule has 8 heteroatoms. The van der Waals surface area contributed by atoms with Crippen molar-refractivity contribution in [1.29, 1.82) is 0 Å². The molecule has 1 aliphatic rings. The summed E-state index contributed by atoms with van der Waals surface area (Å²) in [7, 11) is -1.51. The molecule has 2 N–H and O–H groups in total. The Bertz CT molecular complexity index is 435. The molecule has 110 valence electrons. The van der Waals surface area contributed by atoms with E-state index in [2.05, 4.69) is 10.6 Å². The van der Waals surface area contributed by atoms with Crippen molar-refractivity contribution in [3.05, 3.63) is 0 Å². The molecule has 0 aromatic heterocycles. The summed E-state index contributed by atoms with van der Waals surface area (Å²) in [6, 6.07) is -0.358. The van der Waals surface area contributed by atoms with Gasteiger partial charge in [-0.1, -0.05) is 0 Å². The first-order valence-electron chi connectivity index (χ1n) is 6.28. The standard InChI is InChI=1S/C11H21N3O4S/c1-3-12-10(15)7-14(2)11(16)6-9-8-19(17,18)5-4-13-9/h9,13H,3-8H2,1-2H3,(H,12,15). The summed E-state index contributed by atoms with van der Waals surface area (Å²) in [6.07, 6.45) is 0.0924. The van der Waals surface area contributed by atoms with E-state index in [1.165, 1.54) is 11.9 Å². The highest BCUT2D eigenvalue weighted by Crippen LogP contribution is 2.06. The zero-order valence-corrected chi connectivity index (χ0v) is 12.1. The van der Waals surface area contributed by atoms with E-state index in [1.54, 1.807) is 6.92 Å². The first-order chi connectivity index (χ1) is 8.84. The fourth-order valence-electron chi connectivity index (χ4n) is 1.92. The van der Waals surface area contributed by atoms with Gasteiger partial charge in [0.15, 0.2) is 9.84 Å². The van der Waals surface area contributed by atoms with Crippen LogP contribution in [0.1, 0.15) is 13.3 Å². The van der Waals surface area contributed by atoms with Gasteiger partial charge in [0.1, 0.15) is 0 Å². The number of amides is 2. The Morgan fingerprint density at radius 2 is 2.11 bits per heavy atom. The van der Waals surface area contributed by atoms with Gasteiger partial charge in [0.2, 0.25) is 11.8 Å². The van der Waals surface area contributed by atoms with Gasteiger partial charge in [0, 0.05) is 32.6 Å². The maximum absolute atomic E-state index is 11.9. The van der Waals surface area contributed by atoms with Gasteiger partial charge in [-0.15, -0.1) is 0 Å². The maximum atomic E-state index is 11.9. The molecule has 0 aromatic carbocycles. The van der Waals surface area contributed by atoms with Gasteiger partial charge in [-0.2, -0.15) is 0 Å². The van der Waals surface area contributed by atoms with Crippen molar-refractivity contribution < 1.29 is 18.0 Å². The molecule has 1 saturated heterocycles. The Labute approximate surface area is 113 Å². The van der Waals surface area contributed by atoms with Crippen molar-refractivity contribution >= 4 is 21.7 Å². The summed E-state index contributed by atoms with van der Waals surface area (Å²) in [5.74, 6) is -0.358. The highest BCUT2D eigenvalue weighted by atomic mass is 32.2. The first-order valence-corrected chi connectivity index (χ1v) is 8.10. The molecule has 19 heavy (non-hydrogen) atoms. The lowest BCUT2D eigenvalue weighted by molar-refractivity contribution is -0.135. The van der Waals surface area contributed by atoms with Crippen molar-refractivity contribution in [3.63, 3.8) is 0 Å². The van der Waals surface area contributed by atoms with Gasteiger partial charge in [-0.3, -0.25) is 9.59 Å². The molecular formula is C11H21N3O4S. The lowest BCUT2D eigenvalue weighted by Crippen LogP contribution is -2.48. The number of sulfone groups is 1. The smallest absolute Gasteiger partial charge is 0.239 e. The van der Waals surface area contributed by atoms with E-state index < -0.39 is 9.84 Å². The molecule has 1 atom stereocenters. The van der Waals surface area contributed by atoms with Crippen LogP contribution in [0.15, 0.2) is 0 Å². The van der Waals surface area contributed by atoms with Crippen LogP contribution in [0.5, 0.6) is 0 Å². The lowest BCUT2D eigenvalue weighted by Gasteiger charge is -2.25. The van der Waals surface area contributed by atoms with Gasteiger partial charge in [0.25, 0.3) is 0 Å². The zero-order valence-electron chi connectivity index (χ0n) is 11.3. The van der Waals surface area contributed by atoms with Crippen LogP contribution in [0.25, 0.3) is 0 Å². The molecule has 1 unspecified atom stereocenters. The minimum Gasteiger partial charge on any atom is -0.355 e. The third-order valence-electron chi connectivity index (χ3n) is 2.90. The topological polar surface area (TPSA) is 95.6 Å². The Balaban J connectivity index is 2.43. The Morgan fingerprint density at radius 3 is 2.68 bits per heavy atom. The maximum Gasteiger partial charge on any atom is 0.239 e. The number of nitrogens with one attached hydrogen (secondary N) is 2. The molecule has 0 spiro atoms. The second-order valence-corrected chi connectivity index (χ2v) is 6.90. The molecule has 1 aliphatic heterocycles. The van der Waals surface area contributed by atoms with Crippen LogP contribution in [0.2, 0.25) is 0 Å². The minimum absolute atomic E-state index is 0.00779. The number of hydrogen-bond acceptors (Lipinski definition) is 5. The SMILES string of the molecule is CCNC(=O)CN(C)C(=O)CC1CS(=O)(=O)CCN1. The quantitative estimate of drug-likeness (QED) is 0.633. The largest absolute Gasteiger partial charge is 0.355 e. The predicted molar refractivity (Wildman–Crippen MR) is 71.4 cm³/mol. The zero-order chi connectivity index (χ0) is 14.5. The van der Waals surface area contributed by atoms with Gasteiger partial charge in [0.05, 0.1) is 18.1 Å². The molecule has 1 fully saturated rings. The van der Waals surface area contributed by atoms with Crippen LogP contribution in [0, 0.1) is 0 Å². The minimum atomic E-state index is -3.05. The molecule has 0 aliphatic carbocycles. The predicted octanol–water partition coefficient (Wildman–Crippen LogP) is -1.64. The number of carbonyl (C=O) groups is 2. The summed E-state index contributed by atoms with van der Waals surface area (Å²) in [5.41, 5.74) is 0. The fraction of sp³-hybridized carbons (Fsp3) is 0.818. The number of likely N-dealkylation sites (N-methyl/N-ethyl adjacent to an activating group) is 2. The van der Waals surface area contributed by atoms with E-state index in [4.69, 9.17) is 0 Å². The van der Waals surface area contributed by atoms with Crippen LogP contribution in [0.4, 0.5) is 0 Å². The van der Waals surface area contributed by atoms with E-state index in [1.807, 2.05) is 0 Å². The molecular weight excluding hydrogens is 270 g/mol. The van der Waals surface area contributed by atoms with Crippen molar-refractivity contribution in [2.24, 2.45) is 0 Å². The Hall–Kier alpha value is -1.15. The van der Waals surface area contributed by atoms with Gasteiger partial charge in [-0.05, 0) is 6.92 Å². The van der Waals surface area contributed by atoms with E-state index in [9.17, 15) is 18.0 Å². The van der Waals surface area contributed by atoms with Crippen LogP contribution >= 0.6 is 0 Å². The molecule has 1 heterocycles. The summed E-state index contributed by atoms with van der Waals surface area (Å²) in [5, 5.41) is 5.62. The second kappa shape index (κ2) is 6.85. The third-order valence-corrected chi connectivity index (χ3v) is 4.64. The van der Waals surface area contributed by atoms with Crippen LogP contribution in [0.3, 0.4) is 0 Å². The molecule has 0 aromatic rings. The summed E-state index contributed by atoms with van der Waals surface area (Å²) >= 11 is 0. The molecule has 0 bridgehead atoms. The monoisotopic (exact) mass is 291 g/mol. The highest BCUT2D eigenvalue weighted by Gasteiger charge is 2.27. The van der Waals surface area contributed by atoms with Gasteiger partial charge >= 0.3 is 0 Å². The number of hydrogen-bond donors (Lipinski definition) is 2. The second-order valence-electron chi connectivity index (χ2n) is 4.67. The van der Waals surface area contributed by atoms with E-state index in [0.29, 0.717) is 13.1 Å². The average Bonchev–Trinajstić information content (AvgIpc) is 2.27. The normalized spacial score (nSPS) is 21.7. The molecule has 0 saturated carbocycles. The van der Waals surface area contributed by atoms with Crippen molar-refractivity contribution in [2.75, 3.05) is 38.2 Å². The van der Waals surface area contributed by atoms with Crippen LogP contribution in [-0.2, 0) is 19.4 Å². The van der Waals surface area contributed by atoms with Crippen LogP contribution in [-0.4, -0.2) is 69.4 Å². The summed E-state index contributed by atoms with van der Waals surface area (Å²) in [4.78, 5) is 24.5. The summed E-state index contributed by atoms with van der Waals surface area (Å²) in [6.45, 7) is 2.69. The highest BCUT2D eigenvalue weighted by molar-refractivity contribution is 7.91. The number of nitrogens with zero attached hydrogens (tertiary/aromatic N) is 1. The first kappa shape index (κ1) is 15.9. The van der Waals surface area contributed by atoms with E-state index >= 15 is 0 Å². The van der Waals surface area contributed by atoms with Crippen molar-refractivity contribution in [1.82, 2.24) is 15.5 Å². The van der Waals surface area contributed by atoms with Crippen molar-refractivity contribution in [2.45, 2.75) is 19.4 Å². The average molecular weight is 291 g/mol. The van der Waals surface area contributed by atoms with Crippen molar-refractivity contribution in [3.8, 4) is 0 Å². The Morgan fingerprint density at radius 1 is 1.42 bits per heavy atom. The van der Waals surface area contributed by atoms with Crippen LogP contribution < -0.4 is 10.6 Å². The molecule has 1 rings (SSSR count). The van der Waals surface area contributed by atoms with E-state index in [0.717, 1.165) is 0 Å². The Kier molecular flexibility index (Phi) is 5.74. The van der Waals surface area contributed by atoms with Gasteiger partial charge < -0.3 is 15.5 Å². The lowest BCUT2D eigenvalue weighted by atomic mass is 10.2. The molecule has 7 nitrogen and oxygen atoms in total. The third kappa shape index (κ3) is 5.56. The molecule has 0 radical (unpaired) electrons. The number of carbonyl (C=O) groups excluding carboxylic acids is 2. The number of rotatable bonds is 5. The fourth-order valence-corrected chi connectivity index (χ4v) is 3.37. The summed E-state index contributed by atoms with van der Waals surface area (Å²) < 4.78 is 22.9. The van der Waals surface area contributed by atoms with Gasteiger partial charge in [-0.25, -0.2) is 8.42 Å².